The number of ether oxygens (including phenoxy) is 1. The molecule has 0 spiro atoms. The van der Waals surface area contributed by atoms with Crippen LogP contribution in [0, 0.1) is 0 Å². The second kappa shape index (κ2) is 5.00. The van der Waals surface area contributed by atoms with Crippen LogP contribution in [0.15, 0.2) is 0 Å². The number of thiocarbonyl (C=S) groups is 1. The van der Waals surface area contributed by atoms with Crippen molar-refractivity contribution in [2.24, 2.45) is 0 Å². The molecule has 1 rings (SSSR count). The van der Waals surface area contributed by atoms with Gasteiger partial charge in [0, 0.05) is 0 Å². The summed E-state index contributed by atoms with van der Waals surface area (Å²) in [4.78, 5) is 0. The Balaban J connectivity index is 2.77. The molecule has 0 saturated heterocycles. The van der Waals surface area contributed by atoms with Gasteiger partial charge in [0.1, 0.15) is 0 Å². The predicted molar refractivity (Wildman–Crippen MR) is 66.2 cm³/mol. The molecular formula is C10H16BFO3S. The number of halogens is 1. The van der Waals surface area contributed by atoms with E-state index in [1.807, 2.05) is 0 Å². The van der Waals surface area contributed by atoms with Crippen molar-refractivity contribution in [1.29, 1.82) is 0 Å². The molecule has 0 radical (unpaired) electrons. The Morgan fingerprint density at radius 2 is 2.06 bits per heavy atom. The van der Waals surface area contributed by atoms with Crippen molar-refractivity contribution in [2.45, 2.75) is 37.0 Å². The Kier molecular flexibility index (Phi) is 4.34. The van der Waals surface area contributed by atoms with Crippen molar-refractivity contribution in [1.82, 2.24) is 0 Å². The fourth-order valence-electron chi connectivity index (χ4n) is 1.62. The summed E-state index contributed by atoms with van der Waals surface area (Å²) < 4.78 is 19.4. The van der Waals surface area contributed by atoms with E-state index in [4.69, 9.17) is 27.2 Å². The van der Waals surface area contributed by atoms with E-state index in [1.165, 1.54) is 19.2 Å². The molecule has 6 heteroatoms. The third-order valence-corrected chi connectivity index (χ3v) is 2.98. The molecule has 1 aliphatic rings. The topological polar surface area (TPSA) is 49.7 Å². The molecular weight excluding hydrogens is 230 g/mol. The molecule has 2 N–H and O–H groups in total. The second-order valence-electron chi connectivity index (χ2n) is 4.52. The van der Waals surface area contributed by atoms with Crippen molar-refractivity contribution in [2.75, 3.05) is 13.2 Å². The Morgan fingerprint density at radius 1 is 1.56 bits per heavy atom. The van der Waals surface area contributed by atoms with Gasteiger partial charge in [-0.1, -0.05) is 0 Å². The third kappa shape index (κ3) is 2.94. The molecule has 0 fully saturated rings. The number of alkyl halides is 1. The molecule has 16 heavy (non-hydrogen) atoms. The van der Waals surface area contributed by atoms with Crippen molar-refractivity contribution in [3.05, 3.63) is 0 Å². The number of hydrogen-bond donors (Lipinski definition) is 2. The normalized spacial score (nSPS) is 25.4. The van der Waals surface area contributed by atoms with Gasteiger partial charge >= 0.3 is 100 Å². The monoisotopic (exact) mass is 246 g/mol. The first kappa shape index (κ1) is 13.9. The molecule has 1 unspecified atom stereocenters. The zero-order valence-electron chi connectivity index (χ0n) is 9.39. The Hall–Kier alpha value is -0.165. The van der Waals surface area contributed by atoms with E-state index in [0.29, 0.717) is 0 Å². The van der Waals surface area contributed by atoms with Gasteiger partial charge in [-0.05, 0) is 0 Å². The van der Waals surface area contributed by atoms with Crippen molar-refractivity contribution in [3.8, 4) is 0 Å². The molecule has 0 aliphatic carbocycles. The predicted octanol–water partition coefficient (Wildman–Crippen LogP) is 0.151. The summed E-state index contributed by atoms with van der Waals surface area (Å²) in [7, 11) is 0. The van der Waals surface area contributed by atoms with Crippen LogP contribution in [0.3, 0.4) is 0 Å². The molecule has 0 aromatic heterocycles. The van der Waals surface area contributed by atoms with Crippen molar-refractivity contribution >= 4 is 30.5 Å². The first-order valence-corrected chi connectivity index (χ1v) is 5.59. The molecule has 1 aliphatic heterocycles. The fourth-order valence-corrected chi connectivity index (χ4v) is 1.90. The van der Waals surface area contributed by atoms with Crippen LogP contribution in [0.2, 0.25) is 5.31 Å². The van der Waals surface area contributed by atoms with E-state index in [1.54, 1.807) is 12.9 Å². The van der Waals surface area contributed by atoms with E-state index in [-0.39, 0.29) is 13.2 Å². The molecule has 3 nitrogen and oxygen atoms in total. The first-order chi connectivity index (χ1) is 7.39. The molecule has 0 aromatic carbocycles. The van der Waals surface area contributed by atoms with Crippen LogP contribution in [0.4, 0.5) is 4.39 Å². The molecule has 0 amide bonds. The van der Waals surface area contributed by atoms with Crippen LogP contribution in [0.5, 0.6) is 0 Å². The van der Waals surface area contributed by atoms with Gasteiger partial charge in [-0.25, -0.2) is 0 Å². The first-order valence-electron chi connectivity index (χ1n) is 5.12. The molecule has 2 atom stereocenters. The third-order valence-electron chi connectivity index (χ3n) is 2.57. The van der Waals surface area contributed by atoms with E-state index >= 15 is 0 Å². The number of rotatable bonds is 7. The minimum atomic E-state index is -1.61. The van der Waals surface area contributed by atoms with Gasteiger partial charge in [0.05, 0.1) is 0 Å². The fraction of sp³-hybridized carbons (Fsp3) is 0.800. The van der Waals surface area contributed by atoms with E-state index in [9.17, 15) is 4.39 Å². The summed E-state index contributed by atoms with van der Waals surface area (Å²) in [5, 5.41) is 18.7. The molecule has 90 valence electrons. The summed E-state index contributed by atoms with van der Waals surface area (Å²) in [5.41, 5.74) is -1.61. The molecule has 1 heterocycles. The van der Waals surface area contributed by atoms with Gasteiger partial charge in [0.2, 0.25) is 0 Å². The maximum atomic E-state index is 14.0. The number of aliphatic hydroxyl groups is 2. The van der Waals surface area contributed by atoms with Gasteiger partial charge < -0.3 is 0 Å². The minimum absolute atomic E-state index is 0.351. The number of aliphatic hydroxyl groups excluding tert-OH is 2. The zero-order chi connectivity index (χ0) is 12.4. The Bertz CT molecular complexity index is 280. The van der Waals surface area contributed by atoms with Crippen LogP contribution in [-0.2, 0) is 4.74 Å². The quantitative estimate of drug-likeness (QED) is 0.496. The van der Waals surface area contributed by atoms with Crippen LogP contribution in [0.25, 0.3) is 0 Å². The van der Waals surface area contributed by atoms with Gasteiger partial charge in [0.15, 0.2) is 0 Å². The zero-order valence-corrected chi connectivity index (χ0v) is 10.2. The summed E-state index contributed by atoms with van der Waals surface area (Å²) in [5.74, 6) is 1.76. The van der Waals surface area contributed by atoms with Gasteiger partial charge in [-0.15, -0.1) is 0 Å². The maximum absolute atomic E-state index is 14.0. The van der Waals surface area contributed by atoms with Crippen molar-refractivity contribution < 1.29 is 19.3 Å². The summed E-state index contributed by atoms with van der Waals surface area (Å²) in [6.45, 7) is 3.85. The van der Waals surface area contributed by atoms with E-state index < -0.39 is 23.2 Å². The SMILES string of the molecule is CC(C)(F)[C@@H](OC(CO)CO)C1(C=S)B=C1. The van der Waals surface area contributed by atoms with Crippen molar-refractivity contribution in [3.63, 3.8) is 0 Å². The van der Waals surface area contributed by atoms with Crippen LogP contribution < -0.4 is 0 Å². The Labute approximate surface area is 101 Å². The van der Waals surface area contributed by atoms with E-state index in [0.717, 1.165) is 0 Å². The van der Waals surface area contributed by atoms with Gasteiger partial charge in [-0.2, -0.15) is 0 Å². The van der Waals surface area contributed by atoms with Crippen LogP contribution in [-0.4, -0.2) is 59.6 Å². The molecule has 0 saturated carbocycles. The van der Waals surface area contributed by atoms with Gasteiger partial charge in [0.25, 0.3) is 0 Å². The average Bonchev–Trinajstić information content (AvgIpc) is 2.98. The summed E-state index contributed by atoms with van der Waals surface area (Å²) in [6.07, 6.45) is -1.60. The summed E-state index contributed by atoms with van der Waals surface area (Å²) >= 11 is 4.86. The Morgan fingerprint density at radius 3 is 2.31 bits per heavy atom. The van der Waals surface area contributed by atoms with E-state index in [2.05, 4.69) is 0 Å². The average molecular weight is 246 g/mol. The van der Waals surface area contributed by atoms with Gasteiger partial charge in [-0.3, -0.25) is 0 Å². The molecule has 0 bridgehead atoms. The second-order valence-corrected chi connectivity index (χ2v) is 4.75. The van der Waals surface area contributed by atoms with Crippen LogP contribution in [0.1, 0.15) is 13.8 Å². The molecule has 0 aromatic rings. The van der Waals surface area contributed by atoms with Crippen LogP contribution >= 0.6 is 12.2 Å². The standard InChI is InChI=1S/C10H16BFO3S/c1-9(2,12)8(10(6-16)5-11-10)15-7(3-13)4-14/h5-8,13-14H,3-4H2,1-2H3/t8-,10?/m1/s1. The number of hydrogen-bond acceptors (Lipinski definition) is 4. The summed E-state index contributed by atoms with van der Waals surface area (Å²) in [6, 6.07) is 0.